The third kappa shape index (κ3) is 6.23. The molecule has 0 saturated carbocycles. The van der Waals surface area contributed by atoms with E-state index in [0.29, 0.717) is 32.0 Å². The number of aryl methyl sites for hydroxylation is 2. The van der Waals surface area contributed by atoms with Crippen molar-refractivity contribution in [3.8, 4) is 22.5 Å². The minimum Gasteiger partial charge on any atom is -0.771 e. The van der Waals surface area contributed by atoms with Crippen LogP contribution >= 0.6 is 0 Å². The summed E-state index contributed by atoms with van der Waals surface area (Å²) in [5.74, 6) is 1.98. The minimum absolute atomic E-state index is 0.0243. The summed E-state index contributed by atoms with van der Waals surface area (Å²) in [5, 5.41) is 19.8. The topological polar surface area (TPSA) is 136 Å². The Balaban J connectivity index is 1.51. The zero-order valence-corrected chi connectivity index (χ0v) is 25.4. The van der Waals surface area contributed by atoms with Crippen LogP contribution in [0.2, 0.25) is 0 Å². The molecule has 1 aliphatic rings. The highest BCUT2D eigenvalue weighted by molar-refractivity contribution is 7.79. The van der Waals surface area contributed by atoms with Gasteiger partial charge in [-0.3, -0.25) is 13.8 Å². The van der Waals surface area contributed by atoms with E-state index in [0.717, 1.165) is 50.4 Å². The first-order valence-corrected chi connectivity index (χ1v) is 15.4. The van der Waals surface area contributed by atoms with E-state index in [9.17, 15) is 13.9 Å². The summed E-state index contributed by atoms with van der Waals surface area (Å²) >= 11 is -2.18. The number of piperazine rings is 1. The second-order valence-corrected chi connectivity index (χ2v) is 12.5. The van der Waals surface area contributed by atoms with Crippen molar-refractivity contribution in [1.82, 2.24) is 29.8 Å². The molecule has 0 aliphatic carbocycles. The summed E-state index contributed by atoms with van der Waals surface area (Å²) in [4.78, 5) is 14.3. The summed E-state index contributed by atoms with van der Waals surface area (Å²) in [7, 11) is 0. The van der Waals surface area contributed by atoms with Crippen LogP contribution in [0.25, 0.3) is 33.4 Å². The van der Waals surface area contributed by atoms with E-state index in [4.69, 9.17) is 14.5 Å². The Morgan fingerprint density at radius 2 is 1.88 bits per heavy atom. The summed E-state index contributed by atoms with van der Waals surface area (Å²) in [6.45, 7) is 9.27. The maximum atomic E-state index is 11.6. The highest BCUT2D eigenvalue weighted by Gasteiger charge is 2.31. The van der Waals surface area contributed by atoms with Crippen LogP contribution in [0.4, 0.5) is 5.82 Å². The quantitative estimate of drug-likeness (QED) is 0.258. The van der Waals surface area contributed by atoms with Crippen molar-refractivity contribution in [1.29, 1.82) is 0 Å². The number of benzene rings is 2. The molecule has 1 saturated heterocycles. The van der Waals surface area contributed by atoms with E-state index in [1.165, 1.54) is 0 Å². The standard InChI is InChI=1S/C31H35N7O4S/c1-20-28(21(2)42-35-20)23-10-11-26-25(14-23)30(34-29(33-26)24-15-32-37(16-24)18-31(3,4)39)38-13-12-36(19-43(40)41)17-27(38)22-8-6-5-7-9-22/h5-11,14-16,27,39H,12-13,17-19H2,1-4H3,(H,40,41)/p-1/t27-/m1/s1. The average molecular weight is 601 g/mol. The molecule has 224 valence electrons. The number of hydrogen-bond donors (Lipinski definition) is 1. The number of anilines is 1. The lowest BCUT2D eigenvalue weighted by Gasteiger charge is -2.43. The molecule has 1 fully saturated rings. The predicted octanol–water partition coefficient (Wildman–Crippen LogP) is 4.24. The lowest BCUT2D eigenvalue weighted by molar-refractivity contribution is 0.0577. The minimum atomic E-state index is -2.18. The van der Waals surface area contributed by atoms with Gasteiger partial charge in [0.1, 0.15) is 11.6 Å². The fourth-order valence-corrected chi connectivity index (χ4v) is 6.33. The maximum absolute atomic E-state index is 11.6. The fourth-order valence-electron chi connectivity index (χ4n) is 5.79. The van der Waals surface area contributed by atoms with Crippen molar-refractivity contribution in [2.75, 3.05) is 30.4 Å². The molecule has 0 spiro atoms. The number of hydrogen-bond acceptors (Lipinski definition) is 10. The van der Waals surface area contributed by atoms with Crippen LogP contribution in [0.3, 0.4) is 0 Å². The molecule has 1 N–H and O–H groups in total. The highest BCUT2D eigenvalue weighted by Crippen LogP contribution is 2.38. The third-order valence-electron chi connectivity index (χ3n) is 7.65. The Labute approximate surface area is 252 Å². The van der Waals surface area contributed by atoms with Crippen molar-refractivity contribution in [2.45, 2.75) is 45.9 Å². The number of fused-ring (bicyclic) bond motifs is 1. The molecule has 1 aliphatic heterocycles. The molecule has 2 aromatic carbocycles. The normalized spacial score (nSPS) is 17.1. The molecule has 43 heavy (non-hydrogen) atoms. The van der Waals surface area contributed by atoms with Crippen molar-refractivity contribution in [2.24, 2.45) is 0 Å². The number of aromatic nitrogens is 5. The van der Waals surface area contributed by atoms with Gasteiger partial charge in [-0.25, -0.2) is 9.97 Å². The second kappa shape index (κ2) is 11.6. The second-order valence-electron chi connectivity index (χ2n) is 11.7. The first kappa shape index (κ1) is 29.1. The van der Waals surface area contributed by atoms with E-state index >= 15 is 0 Å². The molecule has 11 nitrogen and oxygen atoms in total. The molecule has 0 bridgehead atoms. The SMILES string of the molecule is Cc1noc(C)c1-c1ccc2nc(-c3cnn(CC(C)(C)O)c3)nc(N3CCN(CS(=O)[O-])C[C@@H]3c3ccccc3)c2c1. The van der Waals surface area contributed by atoms with Gasteiger partial charge in [0, 0.05) is 36.8 Å². The molecule has 12 heteroatoms. The van der Waals surface area contributed by atoms with Gasteiger partial charge in [-0.15, -0.1) is 0 Å². The van der Waals surface area contributed by atoms with Crippen LogP contribution in [-0.2, 0) is 17.6 Å². The largest absolute Gasteiger partial charge is 0.771 e. The molecular weight excluding hydrogens is 566 g/mol. The molecule has 2 atom stereocenters. The predicted molar refractivity (Wildman–Crippen MR) is 164 cm³/mol. The Kier molecular flexibility index (Phi) is 7.86. The first-order valence-electron chi connectivity index (χ1n) is 14.2. The van der Waals surface area contributed by atoms with Crippen LogP contribution < -0.4 is 4.90 Å². The van der Waals surface area contributed by atoms with Crippen LogP contribution in [0.15, 0.2) is 65.4 Å². The summed E-state index contributed by atoms with van der Waals surface area (Å²) in [6.07, 6.45) is 3.56. The highest BCUT2D eigenvalue weighted by atomic mass is 32.2. The molecule has 1 unspecified atom stereocenters. The van der Waals surface area contributed by atoms with Crippen LogP contribution in [0.5, 0.6) is 0 Å². The summed E-state index contributed by atoms with van der Waals surface area (Å²) in [5.41, 5.74) is 4.33. The molecular formula is C31H34N7O4S-. The Bertz CT molecular complexity index is 1760. The van der Waals surface area contributed by atoms with Gasteiger partial charge in [0.15, 0.2) is 5.82 Å². The van der Waals surface area contributed by atoms with Gasteiger partial charge in [-0.05, 0) is 62.0 Å². The zero-order chi connectivity index (χ0) is 30.3. The average Bonchev–Trinajstić information content (AvgIpc) is 3.56. The number of aliphatic hydroxyl groups is 1. The van der Waals surface area contributed by atoms with E-state index in [2.05, 4.69) is 33.4 Å². The summed E-state index contributed by atoms with van der Waals surface area (Å²) < 4.78 is 30.4. The monoisotopic (exact) mass is 600 g/mol. The van der Waals surface area contributed by atoms with Crippen LogP contribution in [-0.4, -0.2) is 74.8 Å². The lowest BCUT2D eigenvalue weighted by atomic mass is 9.99. The van der Waals surface area contributed by atoms with Crippen molar-refractivity contribution < 1.29 is 18.4 Å². The van der Waals surface area contributed by atoms with Crippen molar-refractivity contribution in [3.63, 3.8) is 0 Å². The van der Waals surface area contributed by atoms with E-state index in [-0.39, 0.29) is 11.9 Å². The number of rotatable bonds is 8. The number of nitrogens with zero attached hydrogens (tertiary/aromatic N) is 7. The van der Waals surface area contributed by atoms with Gasteiger partial charge < -0.3 is 19.1 Å². The van der Waals surface area contributed by atoms with Crippen LogP contribution in [0.1, 0.15) is 36.9 Å². The lowest BCUT2D eigenvalue weighted by Crippen LogP contribution is -2.49. The third-order valence-corrected chi connectivity index (χ3v) is 8.22. The Hall–Kier alpha value is -3.97. The van der Waals surface area contributed by atoms with Gasteiger partial charge in [-0.2, -0.15) is 5.10 Å². The van der Waals surface area contributed by atoms with Gasteiger partial charge in [0.05, 0.1) is 47.0 Å². The molecule has 3 aromatic heterocycles. The van der Waals surface area contributed by atoms with Gasteiger partial charge in [0.2, 0.25) is 0 Å². The van der Waals surface area contributed by atoms with Gasteiger partial charge >= 0.3 is 0 Å². The first-order chi connectivity index (χ1) is 20.6. The zero-order valence-electron chi connectivity index (χ0n) is 24.6. The maximum Gasteiger partial charge on any atom is 0.165 e. The molecule has 0 radical (unpaired) electrons. The van der Waals surface area contributed by atoms with Gasteiger partial charge in [0.25, 0.3) is 0 Å². The smallest absolute Gasteiger partial charge is 0.165 e. The molecule has 0 amide bonds. The van der Waals surface area contributed by atoms with Crippen molar-refractivity contribution >= 4 is 27.8 Å². The van der Waals surface area contributed by atoms with Crippen molar-refractivity contribution in [3.05, 3.63) is 77.9 Å². The fraction of sp³-hybridized carbons (Fsp3) is 0.355. The van der Waals surface area contributed by atoms with Gasteiger partial charge in [-0.1, -0.05) is 41.6 Å². The Morgan fingerprint density at radius 3 is 2.58 bits per heavy atom. The van der Waals surface area contributed by atoms with E-state index in [1.54, 1.807) is 24.7 Å². The molecule has 6 rings (SSSR count). The van der Waals surface area contributed by atoms with Crippen LogP contribution in [0, 0.1) is 13.8 Å². The molecule has 4 heterocycles. The Morgan fingerprint density at radius 1 is 1.09 bits per heavy atom. The summed E-state index contributed by atoms with van der Waals surface area (Å²) in [6, 6.07) is 16.0. The molecule has 5 aromatic rings. The van der Waals surface area contributed by atoms with E-state index < -0.39 is 16.7 Å². The van der Waals surface area contributed by atoms with E-state index in [1.807, 2.05) is 55.3 Å².